The zero-order chi connectivity index (χ0) is 11.8. The molecule has 0 bridgehead atoms. The summed E-state index contributed by atoms with van der Waals surface area (Å²) >= 11 is 0. The van der Waals surface area contributed by atoms with E-state index in [2.05, 4.69) is 11.1 Å². The van der Waals surface area contributed by atoms with E-state index in [-0.39, 0.29) is 6.10 Å². The minimum absolute atomic E-state index is 0.311. The van der Waals surface area contributed by atoms with Gasteiger partial charge in [0.15, 0.2) is 0 Å². The van der Waals surface area contributed by atoms with Crippen molar-refractivity contribution in [2.75, 3.05) is 6.61 Å². The molecule has 17 heavy (non-hydrogen) atoms. The first-order valence-corrected chi connectivity index (χ1v) is 6.18. The third-order valence-electron chi connectivity index (χ3n) is 3.34. The van der Waals surface area contributed by atoms with Gasteiger partial charge < -0.3 is 14.8 Å². The van der Waals surface area contributed by atoms with Crippen LogP contribution in [0.25, 0.3) is 10.9 Å². The molecule has 0 saturated carbocycles. The van der Waals surface area contributed by atoms with Crippen molar-refractivity contribution in [3.8, 4) is 5.75 Å². The quantitative estimate of drug-likeness (QED) is 0.833. The Morgan fingerprint density at radius 3 is 3.18 bits per heavy atom. The molecule has 1 unspecified atom stereocenters. The number of fused-ring (bicyclic) bond motifs is 3. The molecule has 1 atom stereocenters. The fourth-order valence-corrected chi connectivity index (χ4v) is 2.65. The highest BCUT2D eigenvalue weighted by Crippen LogP contribution is 2.34. The Hall–Kier alpha value is -1.48. The molecule has 1 aliphatic rings. The maximum atomic E-state index is 9.54. The Balaban J connectivity index is 2.17. The lowest BCUT2D eigenvalue weighted by Crippen LogP contribution is -2.09. The molecule has 1 aliphatic heterocycles. The summed E-state index contributed by atoms with van der Waals surface area (Å²) in [6, 6.07) is 4.10. The fourth-order valence-electron chi connectivity index (χ4n) is 2.65. The molecule has 0 aliphatic carbocycles. The Bertz CT molecular complexity index is 542. The van der Waals surface area contributed by atoms with Crippen molar-refractivity contribution in [3.63, 3.8) is 0 Å². The van der Waals surface area contributed by atoms with Gasteiger partial charge in [0.25, 0.3) is 0 Å². The van der Waals surface area contributed by atoms with Crippen LogP contribution in [0.3, 0.4) is 0 Å². The molecular formula is C14H17NO2. The molecule has 0 saturated heterocycles. The lowest BCUT2D eigenvalue weighted by molar-refractivity contribution is 0.196. The van der Waals surface area contributed by atoms with Gasteiger partial charge in [-0.05, 0) is 37.5 Å². The largest absolute Gasteiger partial charge is 0.493 e. The Kier molecular flexibility index (Phi) is 2.56. The van der Waals surface area contributed by atoms with E-state index in [4.69, 9.17) is 4.74 Å². The second-order valence-corrected chi connectivity index (χ2v) is 4.78. The summed E-state index contributed by atoms with van der Waals surface area (Å²) in [7, 11) is 0. The average Bonchev–Trinajstić information content (AvgIpc) is 2.72. The number of rotatable bonds is 2. The van der Waals surface area contributed by atoms with Crippen molar-refractivity contribution >= 4 is 10.9 Å². The zero-order valence-corrected chi connectivity index (χ0v) is 9.99. The van der Waals surface area contributed by atoms with Crippen LogP contribution in [0.15, 0.2) is 18.3 Å². The molecule has 0 fully saturated rings. The van der Waals surface area contributed by atoms with E-state index < -0.39 is 0 Å². The van der Waals surface area contributed by atoms with Gasteiger partial charge in [-0.2, -0.15) is 0 Å². The molecule has 90 valence electrons. The van der Waals surface area contributed by atoms with E-state index in [1.54, 1.807) is 0 Å². The Morgan fingerprint density at radius 1 is 1.47 bits per heavy atom. The lowest BCUT2D eigenvalue weighted by Gasteiger charge is -2.18. The molecule has 2 aromatic rings. The van der Waals surface area contributed by atoms with Gasteiger partial charge in [-0.15, -0.1) is 0 Å². The predicted molar refractivity (Wildman–Crippen MR) is 67.5 cm³/mol. The molecule has 3 heteroatoms. The van der Waals surface area contributed by atoms with Crippen LogP contribution in [-0.4, -0.2) is 22.8 Å². The summed E-state index contributed by atoms with van der Waals surface area (Å²) in [4.78, 5) is 3.28. The smallest absolute Gasteiger partial charge is 0.123 e. The number of hydrogen-bond donors (Lipinski definition) is 2. The van der Waals surface area contributed by atoms with Gasteiger partial charge in [-0.1, -0.05) is 0 Å². The van der Waals surface area contributed by atoms with Crippen LogP contribution < -0.4 is 4.74 Å². The molecule has 2 N–H and O–H groups in total. The predicted octanol–water partition coefficient (Wildman–Crippen LogP) is 2.42. The Labute approximate surface area is 100 Å². The third kappa shape index (κ3) is 1.80. The van der Waals surface area contributed by atoms with E-state index in [1.165, 1.54) is 16.5 Å². The van der Waals surface area contributed by atoms with Crippen LogP contribution in [0.4, 0.5) is 0 Å². The Morgan fingerprint density at radius 2 is 2.35 bits per heavy atom. The van der Waals surface area contributed by atoms with Gasteiger partial charge in [0.2, 0.25) is 0 Å². The summed E-state index contributed by atoms with van der Waals surface area (Å²) in [6.45, 7) is 2.64. The molecule has 3 rings (SSSR count). The van der Waals surface area contributed by atoms with Crippen LogP contribution in [0.5, 0.6) is 5.75 Å². The summed E-state index contributed by atoms with van der Waals surface area (Å²) in [5.74, 6) is 1.01. The SMILES string of the molecule is CC(O)Cc1c[nH]c2ccc3c(c12)CCCO3. The minimum atomic E-state index is -0.311. The number of aryl methyl sites for hydroxylation is 1. The highest BCUT2D eigenvalue weighted by atomic mass is 16.5. The monoisotopic (exact) mass is 231 g/mol. The van der Waals surface area contributed by atoms with E-state index in [9.17, 15) is 5.11 Å². The second kappa shape index (κ2) is 4.08. The second-order valence-electron chi connectivity index (χ2n) is 4.78. The zero-order valence-electron chi connectivity index (χ0n) is 9.99. The van der Waals surface area contributed by atoms with Gasteiger partial charge in [0.05, 0.1) is 12.7 Å². The molecule has 3 nitrogen and oxygen atoms in total. The number of aliphatic hydroxyl groups is 1. The first-order chi connectivity index (χ1) is 8.25. The summed E-state index contributed by atoms with van der Waals surface area (Å²) in [5.41, 5.74) is 3.63. The van der Waals surface area contributed by atoms with Gasteiger partial charge in [0, 0.05) is 29.1 Å². The standard InChI is InChI=1S/C14H17NO2/c1-9(16)7-10-8-15-12-4-5-13-11(14(10)12)3-2-6-17-13/h4-5,8-9,15-16H,2-3,6-7H2,1H3. The van der Waals surface area contributed by atoms with Crippen molar-refractivity contribution in [2.45, 2.75) is 32.3 Å². The van der Waals surface area contributed by atoms with E-state index in [0.717, 1.165) is 30.7 Å². The molecule has 1 aromatic carbocycles. The number of nitrogens with one attached hydrogen (secondary N) is 1. The highest BCUT2D eigenvalue weighted by Gasteiger charge is 2.17. The maximum Gasteiger partial charge on any atom is 0.123 e. The summed E-state index contributed by atoms with van der Waals surface area (Å²) in [5, 5.41) is 10.8. The van der Waals surface area contributed by atoms with Crippen molar-refractivity contribution in [1.29, 1.82) is 0 Å². The summed E-state index contributed by atoms with van der Waals surface area (Å²) in [6.07, 6.45) is 4.53. The molecule has 0 spiro atoms. The van der Waals surface area contributed by atoms with Crippen LogP contribution in [0, 0.1) is 0 Å². The van der Waals surface area contributed by atoms with Gasteiger partial charge in [-0.3, -0.25) is 0 Å². The van der Waals surface area contributed by atoms with Crippen LogP contribution in [0.2, 0.25) is 0 Å². The normalized spacial score (nSPS) is 16.6. The molecule has 0 amide bonds. The fraction of sp³-hybridized carbons (Fsp3) is 0.429. The number of hydrogen-bond acceptors (Lipinski definition) is 2. The molecule has 2 heterocycles. The number of aromatic nitrogens is 1. The lowest BCUT2D eigenvalue weighted by atomic mass is 9.97. The molecule has 1 aromatic heterocycles. The minimum Gasteiger partial charge on any atom is -0.493 e. The van der Waals surface area contributed by atoms with Crippen molar-refractivity contribution in [3.05, 3.63) is 29.5 Å². The third-order valence-corrected chi connectivity index (χ3v) is 3.34. The van der Waals surface area contributed by atoms with E-state index in [1.807, 2.05) is 19.2 Å². The first-order valence-electron chi connectivity index (χ1n) is 6.18. The number of aliphatic hydroxyl groups excluding tert-OH is 1. The molecular weight excluding hydrogens is 214 g/mol. The van der Waals surface area contributed by atoms with Gasteiger partial charge in [-0.25, -0.2) is 0 Å². The van der Waals surface area contributed by atoms with Crippen molar-refractivity contribution in [2.24, 2.45) is 0 Å². The molecule has 0 radical (unpaired) electrons. The van der Waals surface area contributed by atoms with Crippen LogP contribution >= 0.6 is 0 Å². The highest BCUT2D eigenvalue weighted by molar-refractivity contribution is 5.89. The number of benzene rings is 1. The van der Waals surface area contributed by atoms with Crippen LogP contribution in [0.1, 0.15) is 24.5 Å². The number of H-pyrrole nitrogens is 1. The van der Waals surface area contributed by atoms with E-state index in [0.29, 0.717) is 6.42 Å². The maximum absolute atomic E-state index is 9.54. The van der Waals surface area contributed by atoms with Gasteiger partial charge in [0.1, 0.15) is 5.75 Å². The van der Waals surface area contributed by atoms with Crippen molar-refractivity contribution in [1.82, 2.24) is 4.98 Å². The first kappa shape index (κ1) is 10.7. The van der Waals surface area contributed by atoms with Crippen molar-refractivity contribution < 1.29 is 9.84 Å². The number of ether oxygens (including phenoxy) is 1. The van der Waals surface area contributed by atoms with Gasteiger partial charge >= 0.3 is 0 Å². The summed E-state index contributed by atoms with van der Waals surface area (Å²) < 4.78 is 5.68. The van der Waals surface area contributed by atoms with E-state index >= 15 is 0 Å². The topological polar surface area (TPSA) is 45.2 Å². The van der Waals surface area contributed by atoms with Crippen LogP contribution in [-0.2, 0) is 12.8 Å². The number of aromatic amines is 1. The average molecular weight is 231 g/mol.